The van der Waals surface area contributed by atoms with Crippen molar-refractivity contribution in [1.29, 1.82) is 0 Å². The van der Waals surface area contributed by atoms with Gasteiger partial charge < -0.3 is 4.74 Å². The van der Waals surface area contributed by atoms with Crippen LogP contribution >= 0.6 is 11.6 Å². The van der Waals surface area contributed by atoms with Crippen LogP contribution in [-0.4, -0.2) is 11.9 Å². The molecule has 0 radical (unpaired) electrons. The summed E-state index contributed by atoms with van der Waals surface area (Å²) in [5, 5.41) is 1.69. The van der Waals surface area contributed by atoms with E-state index in [4.69, 9.17) is 11.6 Å². The van der Waals surface area contributed by atoms with E-state index in [1.165, 1.54) is 0 Å². The number of halogens is 1. The first-order valence-electron chi connectivity index (χ1n) is 4.66. The van der Waals surface area contributed by atoms with Crippen LogP contribution in [0.15, 0.2) is 30.3 Å². The van der Waals surface area contributed by atoms with Gasteiger partial charge >= 0.3 is 11.9 Å². The molecule has 0 N–H and O–H groups in total. The van der Waals surface area contributed by atoms with E-state index < -0.39 is 11.9 Å². The zero-order valence-electron chi connectivity index (χ0n) is 7.99. The summed E-state index contributed by atoms with van der Waals surface area (Å²) in [6, 6.07) is 8.59. The second kappa shape index (κ2) is 3.06. The molecule has 0 bridgehead atoms. The number of hydrogen-bond acceptors (Lipinski definition) is 3. The fourth-order valence-electron chi connectivity index (χ4n) is 1.91. The van der Waals surface area contributed by atoms with Crippen molar-refractivity contribution in [3.8, 4) is 0 Å². The molecule has 0 amide bonds. The molecule has 3 nitrogen and oxygen atoms in total. The summed E-state index contributed by atoms with van der Waals surface area (Å²) in [5.74, 6) is -1.30. The summed E-state index contributed by atoms with van der Waals surface area (Å²) in [4.78, 5) is 23.1. The molecule has 16 heavy (non-hydrogen) atoms. The van der Waals surface area contributed by atoms with Gasteiger partial charge in [0.25, 0.3) is 0 Å². The molecule has 1 heterocycles. The van der Waals surface area contributed by atoms with Crippen LogP contribution in [0.3, 0.4) is 0 Å². The standard InChI is InChI=1S/C12H5ClO3/c13-8-5-4-6-2-1-3-7-9(6)10(8)12(15)16-11(7)14/h1-5H. The second-order valence-electron chi connectivity index (χ2n) is 3.50. The summed E-state index contributed by atoms with van der Waals surface area (Å²) in [5.41, 5.74) is 0.656. The lowest BCUT2D eigenvalue weighted by atomic mass is 9.97. The highest BCUT2D eigenvalue weighted by atomic mass is 35.5. The number of cyclic esters (lactones) is 2. The molecule has 0 saturated heterocycles. The van der Waals surface area contributed by atoms with Crippen molar-refractivity contribution < 1.29 is 14.3 Å². The fourth-order valence-corrected chi connectivity index (χ4v) is 2.15. The maximum atomic E-state index is 11.6. The van der Waals surface area contributed by atoms with Crippen molar-refractivity contribution in [3.05, 3.63) is 46.5 Å². The Morgan fingerprint density at radius 2 is 1.81 bits per heavy atom. The molecule has 0 saturated carbocycles. The molecule has 3 rings (SSSR count). The minimum absolute atomic E-state index is 0.273. The van der Waals surface area contributed by atoms with E-state index in [9.17, 15) is 9.59 Å². The third-order valence-electron chi connectivity index (χ3n) is 2.60. The van der Waals surface area contributed by atoms with Crippen molar-refractivity contribution in [2.24, 2.45) is 0 Å². The van der Waals surface area contributed by atoms with Gasteiger partial charge in [-0.1, -0.05) is 29.8 Å². The number of ether oxygens (including phenoxy) is 1. The molecule has 1 aliphatic heterocycles. The van der Waals surface area contributed by atoms with E-state index in [2.05, 4.69) is 4.74 Å². The summed E-state index contributed by atoms with van der Waals surface area (Å²) < 4.78 is 4.62. The zero-order chi connectivity index (χ0) is 11.3. The van der Waals surface area contributed by atoms with Gasteiger partial charge in [0, 0.05) is 5.39 Å². The predicted molar refractivity (Wildman–Crippen MR) is 58.7 cm³/mol. The van der Waals surface area contributed by atoms with Gasteiger partial charge in [-0.15, -0.1) is 0 Å². The first kappa shape index (κ1) is 9.36. The molecule has 0 fully saturated rings. The van der Waals surface area contributed by atoms with Crippen molar-refractivity contribution in [2.45, 2.75) is 0 Å². The second-order valence-corrected chi connectivity index (χ2v) is 3.91. The summed E-state index contributed by atoms with van der Waals surface area (Å²) >= 11 is 5.94. The smallest absolute Gasteiger partial charge is 0.348 e. The monoisotopic (exact) mass is 232 g/mol. The summed E-state index contributed by atoms with van der Waals surface area (Å²) in [6.45, 7) is 0. The molecule has 0 unspecified atom stereocenters. The average molecular weight is 233 g/mol. The molecule has 0 atom stereocenters. The van der Waals surface area contributed by atoms with E-state index in [0.717, 1.165) is 5.39 Å². The summed E-state index contributed by atoms with van der Waals surface area (Å²) in [7, 11) is 0. The average Bonchev–Trinajstić information content (AvgIpc) is 2.26. The minimum atomic E-state index is -0.681. The number of benzene rings is 2. The topological polar surface area (TPSA) is 43.4 Å². The summed E-state index contributed by atoms with van der Waals surface area (Å²) in [6.07, 6.45) is 0. The van der Waals surface area contributed by atoms with Crippen LogP contribution in [0, 0.1) is 0 Å². The Morgan fingerprint density at radius 3 is 2.62 bits per heavy atom. The highest BCUT2D eigenvalue weighted by Crippen LogP contribution is 2.33. The maximum absolute atomic E-state index is 11.6. The predicted octanol–water partition coefficient (Wildman–Crippen LogP) is 2.80. The molecular formula is C12H5ClO3. The lowest BCUT2D eigenvalue weighted by Crippen LogP contribution is -2.19. The molecule has 4 heteroatoms. The van der Waals surface area contributed by atoms with E-state index in [0.29, 0.717) is 16.0 Å². The third kappa shape index (κ3) is 1.09. The van der Waals surface area contributed by atoms with Gasteiger partial charge in [-0.05, 0) is 17.5 Å². The van der Waals surface area contributed by atoms with E-state index >= 15 is 0 Å². The Labute approximate surface area is 95.6 Å². The Balaban J connectivity index is 2.58. The highest BCUT2D eigenvalue weighted by Gasteiger charge is 2.28. The van der Waals surface area contributed by atoms with Crippen LogP contribution in [0.1, 0.15) is 20.7 Å². The largest absolute Gasteiger partial charge is 0.386 e. The van der Waals surface area contributed by atoms with Gasteiger partial charge in [-0.25, -0.2) is 9.59 Å². The van der Waals surface area contributed by atoms with E-state index in [1.807, 2.05) is 6.07 Å². The Morgan fingerprint density at radius 1 is 1.00 bits per heavy atom. The van der Waals surface area contributed by atoms with Crippen LogP contribution in [-0.2, 0) is 4.74 Å². The third-order valence-corrected chi connectivity index (χ3v) is 2.92. The Kier molecular flexibility index (Phi) is 1.79. The quantitative estimate of drug-likeness (QED) is 0.518. The van der Waals surface area contributed by atoms with Gasteiger partial charge in [0.15, 0.2) is 0 Å². The molecule has 1 aliphatic rings. The number of carbonyl (C=O) groups excluding carboxylic acids is 2. The van der Waals surface area contributed by atoms with Crippen LogP contribution < -0.4 is 0 Å². The van der Waals surface area contributed by atoms with Crippen LogP contribution in [0.5, 0.6) is 0 Å². The van der Waals surface area contributed by atoms with Crippen LogP contribution in [0.25, 0.3) is 10.8 Å². The molecule has 78 valence electrons. The van der Waals surface area contributed by atoms with Crippen molar-refractivity contribution in [3.63, 3.8) is 0 Å². The van der Waals surface area contributed by atoms with Crippen LogP contribution in [0.4, 0.5) is 0 Å². The van der Waals surface area contributed by atoms with Crippen molar-refractivity contribution in [1.82, 2.24) is 0 Å². The number of rotatable bonds is 0. The van der Waals surface area contributed by atoms with Crippen LogP contribution in [0.2, 0.25) is 5.02 Å². The SMILES string of the molecule is O=C1OC(=O)c2c(Cl)ccc3cccc1c23. The normalized spacial score (nSPS) is 14.1. The minimum Gasteiger partial charge on any atom is -0.386 e. The lowest BCUT2D eigenvalue weighted by molar-refractivity contribution is 0.0391. The molecular weight excluding hydrogens is 228 g/mol. The van der Waals surface area contributed by atoms with Crippen molar-refractivity contribution >= 4 is 34.3 Å². The first-order chi connectivity index (χ1) is 7.68. The number of esters is 2. The Hall–Kier alpha value is -1.87. The van der Waals surface area contributed by atoms with Gasteiger partial charge in [0.1, 0.15) is 0 Å². The van der Waals surface area contributed by atoms with E-state index in [1.54, 1.807) is 24.3 Å². The Bertz CT molecular complexity index is 646. The van der Waals surface area contributed by atoms with Gasteiger partial charge in [-0.3, -0.25) is 0 Å². The molecule has 2 aromatic carbocycles. The van der Waals surface area contributed by atoms with Gasteiger partial charge in [0.2, 0.25) is 0 Å². The fraction of sp³-hybridized carbons (Fsp3) is 0. The highest BCUT2D eigenvalue weighted by molar-refractivity contribution is 6.37. The van der Waals surface area contributed by atoms with Gasteiger partial charge in [-0.2, -0.15) is 0 Å². The first-order valence-corrected chi connectivity index (χ1v) is 5.04. The lowest BCUT2D eigenvalue weighted by Gasteiger charge is -2.15. The number of hydrogen-bond donors (Lipinski definition) is 0. The number of carbonyl (C=O) groups is 2. The molecule has 0 aromatic heterocycles. The van der Waals surface area contributed by atoms with Gasteiger partial charge in [0.05, 0.1) is 16.1 Å². The van der Waals surface area contributed by atoms with E-state index in [-0.39, 0.29) is 5.56 Å². The molecule has 2 aromatic rings. The molecule has 0 spiro atoms. The maximum Gasteiger partial charge on any atom is 0.348 e. The zero-order valence-corrected chi connectivity index (χ0v) is 8.75. The van der Waals surface area contributed by atoms with Crippen molar-refractivity contribution in [2.75, 3.05) is 0 Å². The molecule has 0 aliphatic carbocycles.